The smallest absolute Gasteiger partial charge is 0.0181 e. The van der Waals surface area contributed by atoms with Gasteiger partial charge in [-0.05, 0) is 99.9 Å². The highest BCUT2D eigenvalue weighted by molar-refractivity contribution is 5.67. The van der Waals surface area contributed by atoms with E-state index in [9.17, 15) is 0 Å². The maximum atomic E-state index is 2.22. The fourth-order valence-corrected chi connectivity index (χ4v) is 6.36. The van der Waals surface area contributed by atoms with Gasteiger partial charge < -0.3 is 0 Å². The van der Waals surface area contributed by atoms with Crippen LogP contribution in [-0.2, 0) is 0 Å². The van der Waals surface area contributed by atoms with Crippen LogP contribution in [0.3, 0.4) is 0 Å². The summed E-state index contributed by atoms with van der Waals surface area (Å²) in [6.07, 6.45) is 0. The molecule has 0 atom stereocenters. The van der Waals surface area contributed by atoms with E-state index in [1.807, 2.05) is 111 Å². The highest BCUT2D eigenvalue weighted by Gasteiger charge is 2.00. The summed E-state index contributed by atoms with van der Waals surface area (Å²) in [5.74, 6) is 0. The highest BCUT2D eigenvalue weighted by atomic mass is 14.0. The molecular weight excluding hydrogens is 865 g/mol. The van der Waals surface area contributed by atoms with Crippen LogP contribution in [0, 0.1) is 55.4 Å². The van der Waals surface area contributed by atoms with Crippen molar-refractivity contribution in [3.8, 4) is 44.5 Å². The van der Waals surface area contributed by atoms with E-state index < -0.39 is 0 Å². The van der Waals surface area contributed by atoms with Gasteiger partial charge in [0.15, 0.2) is 0 Å². The van der Waals surface area contributed by atoms with Gasteiger partial charge in [0.1, 0.15) is 0 Å². The van der Waals surface area contributed by atoms with Gasteiger partial charge in [-0.1, -0.05) is 349 Å². The number of hydrogen-bond donors (Lipinski definition) is 0. The van der Waals surface area contributed by atoms with Crippen LogP contribution in [0.15, 0.2) is 194 Å². The molecule has 392 valence electrons. The molecule has 8 aromatic rings. The van der Waals surface area contributed by atoms with E-state index in [1.54, 1.807) is 0 Å². The first kappa shape index (κ1) is 72.3. The van der Waals surface area contributed by atoms with Crippen LogP contribution in [0.4, 0.5) is 0 Å². The SMILES string of the molecule is CC.CC.CC.CC.CC.CC.CC.CC.Cc1ccc(-c2ccc(C)cc2)cc1.Cc1ccc(-c2cccc(C)c2)cc1.Cc1cccc(-c2cccc(C)c2)c1.Cc1cccc(-c2cccc(C)c2)c1. The molecule has 0 unspecified atom stereocenters. The van der Waals surface area contributed by atoms with E-state index in [0.717, 1.165) is 0 Å². The van der Waals surface area contributed by atoms with E-state index in [-0.39, 0.29) is 0 Å². The first-order valence-electron chi connectivity index (χ1n) is 27.6. The van der Waals surface area contributed by atoms with Crippen molar-refractivity contribution < 1.29 is 0 Å². The summed E-state index contributed by atoms with van der Waals surface area (Å²) < 4.78 is 0. The van der Waals surface area contributed by atoms with Crippen molar-refractivity contribution in [2.75, 3.05) is 0 Å². The minimum absolute atomic E-state index is 1.29. The zero-order chi connectivity index (χ0) is 55.9. The first-order valence-corrected chi connectivity index (χ1v) is 27.6. The molecule has 0 bridgehead atoms. The van der Waals surface area contributed by atoms with E-state index in [1.165, 1.54) is 89.0 Å². The number of benzene rings is 8. The molecule has 0 fully saturated rings. The van der Waals surface area contributed by atoms with Gasteiger partial charge in [-0.15, -0.1) is 0 Å². The molecule has 0 aliphatic rings. The summed E-state index contributed by atoms with van der Waals surface area (Å²) >= 11 is 0. The van der Waals surface area contributed by atoms with Crippen molar-refractivity contribution in [1.82, 2.24) is 0 Å². The lowest BCUT2D eigenvalue weighted by Crippen LogP contribution is -1.80. The molecule has 0 heteroatoms. The Bertz CT molecular complexity index is 2190. The largest absolute Gasteiger partial charge is 0.0683 e. The average Bonchev–Trinajstić information content (AvgIpc) is 3.44. The number of rotatable bonds is 4. The molecule has 0 amide bonds. The Labute approximate surface area is 447 Å². The van der Waals surface area contributed by atoms with Gasteiger partial charge in [-0.25, -0.2) is 0 Å². The molecule has 0 saturated heterocycles. The third-order valence-electron chi connectivity index (χ3n) is 9.58. The van der Waals surface area contributed by atoms with E-state index >= 15 is 0 Å². The molecule has 0 radical (unpaired) electrons. The van der Waals surface area contributed by atoms with Gasteiger partial charge in [-0.3, -0.25) is 0 Å². The van der Waals surface area contributed by atoms with Gasteiger partial charge in [0.05, 0.1) is 0 Å². The van der Waals surface area contributed by atoms with Crippen LogP contribution in [0.5, 0.6) is 0 Å². The average molecular weight is 970 g/mol. The molecular formula is C72H104. The monoisotopic (exact) mass is 969 g/mol. The van der Waals surface area contributed by atoms with E-state index in [2.05, 4.69) is 250 Å². The molecule has 0 aliphatic heterocycles. The lowest BCUT2D eigenvalue weighted by atomic mass is 10.0. The van der Waals surface area contributed by atoms with Crippen molar-refractivity contribution in [2.24, 2.45) is 0 Å². The number of hydrogen-bond acceptors (Lipinski definition) is 0. The Hall–Kier alpha value is -6.24. The third kappa shape index (κ3) is 31.2. The van der Waals surface area contributed by atoms with Gasteiger partial charge in [-0.2, -0.15) is 0 Å². The van der Waals surface area contributed by atoms with Crippen molar-refractivity contribution in [1.29, 1.82) is 0 Å². The van der Waals surface area contributed by atoms with Crippen LogP contribution in [0.1, 0.15) is 155 Å². The fourth-order valence-electron chi connectivity index (χ4n) is 6.36. The minimum Gasteiger partial charge on any atom is -0.0683 e. The molecule has 8 rings (SSSR count). The maximum Gasteiger partial charge on any atom is -0.0181 e. The van der Waals surface area contributed by atoms with Crippen LogP contribution in [-0.4, -0.2) is 0 Å². The van der Waals surface area contributed by atoms with Crippen molar-refractivity contribution in [2.45, 2.75) is 166 Å². The van der Waals surface area contributed by atoms with E-state index in [4.69, 9.17) is 0 Å². The summed E-state index contributed by atoms with van der Waals surface area (Å²) in [5.41, 5.74) is 20.8. The Morgan fingerprint density at radius 1 is 0.139 bits per heavy atom. The normalized spacial score (nSPS) is 8.56. The molecule has 0 saturated carbocycles. The lowest BCUT2D eigenvalue weighted by Gasteiger charge is -2.03. The quantitative estimate of drug-likeness (QED) is 0.165. The standard InChI is InChI=1S/4C14H14.8C2H6/c1-11-3-7-13(8-4-11)14-9-5-12(2)6-10-14;2*1-11-5-3-7-13(9-11)14-8-4-6-12(2)10-14;1-11-6-8-13(9-7-11)14-5-3-4-12(2)10-14;8*1-2/h4*3-10H,1-2H3;8*1-2H3. The van der Waals surface area contributed by atoms with Gasteiger partial charge in [0.25, 0.3) is 0 Å². The second-order valence-corrected chi connectivity index (χ2v) is 14.9. The molecule has 0 nitrogen and oxygen atoms in total. The molecule has 72 heavy (non-hydrogen) atoms. The highest BCUT2D eigenvalue weighted by Crippen LogP contribution is 2.24. The Morgan fingerprint density at radius 2 is 0.278 bits per heavy atom. The topological polar surface area (TPSA) is 0 Å². The Kier molecular flexibility index (Phi) is 48.6. The summed E-state index contributed by atoms with van der Waals surface area (Å²) in [5, 5.41) is 0. The van der Waals surface area contributed by atoms with Crippen molar-refractivity contribution in [3.05, 3.63) is 239 Å². The summed E-state index contributed by atoms with van der Waals surface area (Å²) in [7, 11) is 0. The van der Waals surface area contributed by atoms with E-state index in [0.29, 0.717) is 0 Å². The van der Waals surface area contributed by atoms with Crippen LogP contribution < -0.4 is 0 Å². The zero-order valence-corrected chi connectivity index (χ0v) is 50.5. The predicted octanol–water partition coefficient (Wildman–Crippen LogP) is 24.1. The summed E-state index contributed by atoms with van der Waals surface area (Å²) in [6.45, 7) is 49.0. The molecule has 0 spiro atoms. The molecule has 0 N–H and O–H groups in total. The summed E-state index contributed by atoms with van der Waals surface area (Å²) in [6, 6.07) is 68.9. The second kappa shape index (κ2) is 48.4. The molecule has 0 heterocycles. The lowest BCUT2D eigenvalue weighted by molar-refractivity contribution is 1.44. The molecule has 8 aromatic carbocycles. The molecule has 0 aliphatic carbocycles. The first-order chi connectivity index (χ1) is 35.0. The predicted molar refractivity (Wildman–Crippen MR) is 336 cm³/mol. The maximum absolute atomic E-state index is 2.22. The Morgan fingerprint density at radius 3 is 0.431 bits per heavy atom. The zero-order valence-electron chi connectivity index (χ0n) is 50.5. The third-order valence-corrected chi connectivity index (χ3v) is 9.58. The Balaban J connectivity index is -0.000000391. The fraction of sp³-hybridized carbons (Fsp3) is 0.333. The molecule has 0 aromatic heterocycles. The second-order valence-electron chi connectivity index (χ2n) is 14.9. The van der Waals surface area contributed by atoms with Crippen molar-refractivity contribution >= 4 is 0 Å². The number of aryl methyl sites for hydroxylation is 8. The van der Waals surface area contributed by atoms with Crippen LogP contribution in [0.2, 0.25) is 0 Å². The van der Waals surface area contributed by atoms with Gasteiger partial charge >= 0.3 is 0 Å². The summed E-state index contributed by atoms with van der Waals surface area (Å²) in [4.78, 5) is 0. The minimum atomic E-state index is 1.29. The van der Waals surface area contributed by atoms with Crippen LogP contribution >= 0.6 is 0 Å². The van der Waals surface area contributed by atoms with Crippen molar-refractivity contribution in [3.63, 3.8) is 0 Å². The van der Waals surface area contributed by atoms with Gasteiger partial charge in [0.2, 0.25) is 0 Å². The van der Waals surface area contributed by atoms with Crippen LogP contribution in [0.25, 0.3) is 44.5 Å². The van der Waals surface area contributed by atoms with Gasteiger partial charge in [0, 0.05) is 0 Å².